The molecule has 11 heteroatoms. The van der Waals surface area contributed by atoms with E-state index in [2.05, 4.69) is 26.0 Å². The van der Waals surface area contributed by atoms with Gasteiger partial charge in [-0.25, -0.2) is 17.2 Å². The Morgan fingerprint density at radius 3 is 2.57 bits per heavy atom. The van der Waals surface area contributed by atoms with Crippen LogP contribution in [0.15, 0.2) is 45.8 Å². The zero-order chi connectivity index (χ0) is 21.9. The Balaban J connectivity index is 1.99. The maximum Gasteiger partial charge on any atom is 0.280 e. The Morgan fingerprint density at radius 1 is 1.23 bits per heavy atom. The number of nitrogens with zero attached hydrogens (tertiary/aromatic N) is 1. The van der Waals surface area contributed by atoms with Crippen molar-refractivity contribution in [2.24, 2.45) is 0 Å². The second-order valence-corrected chi connectivity index (χ2v) is 9.18. The van der Waals surface area contributed by atoms with E-state index in [4.69, 9.17) is 10.1 Å². The molecule has 3 N–H and O–H groups in total. The van der Waals surface area contributed by atoms with Gasteiger partial charge in [0.2, 0.25) is 0 Å². The van der Waals surface area contributed by atoms with Gasteiger partial charge in [0.1, 0.15) is 11.5 Å². The van der Waals surface area contributed by atoms with E-state index >= 15 is 0 Å². The Kier molecular flexibility index (Phi) is 6.94. The summed E-state index contributed by atoms with van der Waals surface area (Å²) in [4.78, 5) is 1.98. The van der Waals surface area contributed by atoms with Crippen molar-refractivity contribution in [1.29, 1.82) is 5.41 Å². The molecule has 0 unspecified atom stereocenters. The van der Waals surface area contributed by atoms with Crippen LogP contribution >= 0.6 is 15.9 Å². The summed E-state index contributed by atoms with van der Waals surface area (Å²) in [5, 5.41) is 10.8. The van der Waals surface area contributed by atoms with Gasteiger partial charge in [-0.2, -0.15) is 0 Å². The number of hydrogen-bond donors (Lipinski definition) is 3. The predicted molar refractivity (Wildman–Crippen MR) is 116 cm³/mol. The lowest BCUT2D eigenvalue weighted by Gasteiger charge is -2.30. The van der Waals surface area contributed by atoms with E-state index in [9.17, 15) is 17.2 Å². The lowest BCUT2D eigenvalue weighted by atomic mass is 10.1. The van der Waals surface area contributed by atoms with Crippen molar-refractivity contribution in [2.45, 2.75) is 11.3 Å². The summed E-state index contributed by atoms with van der Waals surface area (Å²) in [6, 6.07) is 8.56. The molecule has 2 aromatic carbocycles. The highest BCUT2D eigenvalue weighted by Gasteiger charge is 2.24. The summed E-state index contributed by atoms with van der Waals surface area (Å²) >= 11 is 3.21. The van der Waals surface area contributed by atoms with E-state index in [0.717, 1.165) is 13.1 Å². The summed E-state index contributed by atoms with van der Waals surface area (Å²) in [6.07, 6.45) is -3.03. The topological polar surface area (TPSA) is 94.5 Å². The smallest absolute Gasteiger partial charge is 0.280 e. The van der Waals surface area contributed by atoms with E-state index < -0.39 is 22.2 Å². The minimum atomic E-state index is -4.11. The maximum absolute atomic E-state index is 13.1. The molecule has 0 aliphatic carbocycles. The summed E-state index contributed by atoms with van der Waals surface area (Å²) in [6.45, 7) is 2.90. The van der Waals surface area contributed by atoms with Crippen molar-refractivity contribution in [3.63, 3.8) is 0 Å². The predicted octanol–water partition coefficient (Wildman–Crippen LogP) is 3.30. The van der Waals surface area contributed by atoms with Crippen molar-refractivity contribution in [2.75, 3.05) is 42.9 Å². The standard InChI is InChI=1S/C19H21BrF2N4O3S/c1-29-17-5-3-13(11-16(17)26-8-6-24-7-9-26)30(27,28)25-15-10-12(20)2-4-14(15)18(23)19(21)22/h2-5,10-11,19,23-25H,6-9H2,1H3. The van der Waals surface area contributed by atoms with E-state index in [1.165, 1.54) is 37.4 Å². The van der Waals surface area contributed by atoms with Crippen LogP contribution in [0.25, 0.3) is 0 Å². The Morgan fingerprint density at radius 2 is 1.93 bits per heavy atom. The molecule has 0 amide bonds. The van der Waals surface area contributed by atoms with Crippen LogP contribution < -0.4 is 19.7 Å². The summed E-state index contributed by atoms with van der Waals surface area (Å²) < 4.78 is 60.4. The number of hydrogen-bond acceptors (Lipinski definition) is 6. The van der Waals surface area contributed by atoms with Crippen LogP contribution in [0.4, 0.5) is 20.2 Å². The molecule has 1 fully saturated rings. The number of piperazine rings is 1. The number of nitrogens with one attached hydrogen (secondary N) is 3. The van der Waals surface area contributed by atoms with E-state index in [-0.39, 0.29) is 16.1 Å². The zero-order valence-corrected chi connectivity index (χ0v) is 18.5. The zero-order valence-electron chi connectivity index (χ0n) is 16.1. The second kappa shape index (κ2) is 9.27. The minimum Gasteiger partial charge on any atom is -0.495 e. The fraction of sp³-hybridized carbons (Fsp3) is 0.316. The van der Waals surface area contributed by atoms with Gasteiger partial charge in [-0.15, -0.1) is 0 Å². The number of sulfonamides is 1. The average molecular weight is 503 g/mol. The Labute approximate surface area is 182 Å². The average Bonchev–Trinajstić information content (AvgIpc) is 2.73. The highest BCUT2D eigenvalue weighted by atomic mass is 79.9. The molecule has 1 aliphatic rings. The lowest BCUT2D eigenvalue weighted by Crippen LogP contribution is -2.43. The molecule has 0 aromatic heterocycles. The first-order valence-electron chi connectivity index (χ1n) is 9.06. The number of benzene rings is 2. The SMILES string of the molecule is COc1ccc(S(=O)(=O)Nc2cc(Br)ccc2C(=N)C(F)F)cc1N1CCNCC1. The number of alkyl halides is 2. The summed E-state index contributed by atoms with van der Waals surface area (Å²) in [7, 11) is -2.60. The third-order valence-corrected chi connectivity index (χ3v) is 6.51. The lowest BCUT2D eigenvalue weighted by molar-refractivity contribution is 0.225. The van der Waals surface area contributed by atoms with Gasteiger partial charge in [-0.05, 0) is 36.4 Å². The van der Waals surface area contributed by atoms with Crippen LogP contribution in [0.1, 0.15) is 5.56 Å². The van der Waals surface area contributed by atoms with Crippen LogP contribution in [0.3, 0.4) is 0 Å². The van der Waals surface area contributed by atoms with Gasteiger partial charge in [-0.3, -0.25) is 10.1 Å². The molecule has 0 bridgehead atoms. The molecule has 1 saturated heterocycles. The van der Waals surface area contributed by atoms with Crippen LogP contribution in [0.5, 0.6) is 5.75 Å². The van der Waals surface area contributed by atoms with Crippen molar-refractivity contribution >= 4 is 43.0 Å². The minimum absolute atomic E-state index is 0.0358. The van der Waals surface area contributed by atoms with Crippen LogP contribution in [-0.2, 0) is 10.0 Å². The van der Waals surface area contributed by atoms with Gasteiger partial charge in [0.25, 0.3) is 16.4 Å². The largest absolute Gasteiger partial charge is 0.495 e. The van der Waals surface area contributed by atoms with Gasteiger partial charge < -0.3 is 15.0 Å². The van der Waals surface area contributed by atoms with Gasteiger partial charge in [0.15, 0.2) is 0 Å². The van der Waals surface area contributed by atoms with Crippen LogP contribution in [-0.4, -0.2) is 53.8 Å². The molecule has 0 atom stereocenters. The molecule has 2 aromatic rings. The monoisotopic (exact) mass is 502 g/mol. The molecule has 0 spiro atoms. The molecular formula is C19H21BrF2N4O3S. The molecule has 1 aliphatic heterocycles. The van der Waals surface area contributed by atoms with Crippen molar-refractivity contribution in [3.8, 4) is 5.75 Å². The fourth-order valence-electron chi connectivity index (χ4n) is 3.15. The number of halogens is 3. The normalized spacial score (nSPS) is 14.6. The molecular weight excluding hydrogens is 482 g/mol. The molecule has 30 heavy (non-hydrogen) atoms. The molecule has 0 radical (unpaired) electrons. The second-order valence-electron chi connectivity index (χ2n) is 6.58. The molecule has 1 heterocycles. The summed E-state index contributed by atoms with van der Waals surface area (Å²) in [5.41, 5.74) is -0.616. The maximum atomic E-state index is 13.1. The summed E-state index contributed by atoms with van der Waals surface area (Å²) in [5.74, 6) is 0.540. The number of rotatable bonds is 7. The first-order chi connectivity index (χ1) is 14.2. The highest BCUT2D eigenvalue weighted by Crippen LogP contribution is 2.33. The fourth-order valence-corrected chi connectivity index (χ4v) is 4.60. The molecule has 7 nitrogen and oxygen atoms in total. The Bertz CT molecular complexity index is 1040. The third-order valence-electron chi connectivity index (χ3n) is 4.65. The van der Waals surface area contributed by atoms with Crippen molar-refractivity contribution < 1.29 is 21.9 Å². The van der Waals surface area contributed by atoms with Gasteiger partial charge in [-0.1, -0.05) is 15.9 Å². The van der Waals surface area contributed by atoms with Gasteiger partial charge in [0.05, 0.1) is 23.4 Å². The van der Waals surface area contributed by atoms with Crippen LogP contribution in [0, 0.1) is 5.41 Å². The third kappa shape index (κ3) is 4.90. The van der Waals surface area contributed by atoms with Gasteiger partial charge >= 0.3 is 0 Å². The van der Waals surface area contributed by atoms with Gasteiger partial charge in [0, 0.05) is 36.2 Å². The number of methoxy groups -OCH3 is 1. The van der Waals surface area contributed by atoms with Crippen LogP contribution in [0.2, 0.25) is 0 Å². The molecule has 3 rings (SSSR count). The van der Waals surface area contributed by atoms with Crippen molar-refractivity contribution in [3.05, 3.63) is 46.4 Å². The molecule has 162 valence electrons. The van der Waals surface area contributed by atoms with Crippen molar-refractivity contribution in [1.82, 2.24) is 5.32 Å². The number of anilines is 2. The number of ether oxygens (including phenoxy) is 1. The van der Waals surface area contributed by atoms with E-state index in [1.54, 1.807) is 6.07 Å². The van der Waals surface area contributed by atoms with E-state index in [0.29, 0.717) is 29.0 Å². The first-order valence-corrected chi connectivity index (χ1v) is 11.3. The molecule has 0 saturated carbocycles. The quantitative estimate of drug-likeness (QED) is 0.505. The first kappa shape index (κ1) is 22.4. The van der Waals surface area contributed by atoms with E-state index in [1.807, 2.05) is 4.90 Å². The Hall–Kier alpha value is -2.24. The highest BCUT2D eigenvalue weighted by molar-refractivity contribution is 9.10.